The molecule has 15 atom stereocenters. The number of fused-ring (bicyclic) bond motifs is 5. The predicted octanol–water partition coefficient (Wildman–Crippen LogP) is 2.91. The number of nitrogen functional groups attached to an aromatic ring is 5. The molecule has 0 spiro atoms. The number of ether oxygens (including phenoxy) is 5. The van der Waals surface area contributed by atoms with Crippen molar-refractivity contribution in [3.63, 3.8) is 0 Å². The lowest BCUT2D eigenvalue weighted by molar-refractivity contribution is -0.0484. The van der Waals surface area contributed by atoms with Gasteiger partial charge in [-0.15, -0.1) is 6.42 Å². The van der Waals surface area contributed by atoms with E-state index in [1.807, 2.05) is 43.5 Å². The fourth-order valence-electron chi connectivity index (χ4n) is 14.1. The Morgan fingerprint density at radius 1 is 0.381 bits per heavy atom. The molecule has 113 heavy (non-hydrogen) atoms. The number of aliphatic hydroxyl groups excluding tert-OH is 10. The smallest absolute Gasteiger partial charge is 0.161 e. The minimum absolute atomic E-state index is 0.107. The van der Waals surface area contributed by atoms with Gasteiger partial charge in [0.2, 0.25) is 0 Å². The molecule has 0 radical (unpaired) electrons. The summed E-state index contributed by atoms with van der Waals surface area (Å²) in [5.74, 6) is 22.9. The number of aromatic nitrogens is 15. The van der Waals surface area contributed by atoms with E-state index in [-0.39, 0.29) is 57.2 Å². The Labute approximate surface area is 648 Å². The Morgan fingerprint density at radius 3 is 0.991 bits per heavy atom. The highest BCUT2D eigenvalue weighted by atomic mass is 16.6. The zero-order valence-corrected chi connectivity index (χ0v) is 62.3. The summed E-state index contributed by atoms with van der Waals surface area (Å²) in [6.07, 6.45) is 19.9. The summed E-state index contributed by atoms with van der Waals surface area (Å²) in [5, 5.41) is 100. The van der Waals surface area contributed by atoms with Gasteiger partial charge in [-0.1, -0.05) is 86.8 Å². The van der Waals surface area contributed by atoms with Crippen molar-refractivity contribution in [2.45, 2.75) is 184 Å². The second-order valence-electron chi connectivity index (χ2n) is 27.4. The summed E-state index contributed by atoms with van der Waals surface area (Å²) in [7, 11) is 0. The average Bonchev–Trinajstić information content (AvgIpc) is 1.65. The molecule has 0 amide bonds. The second-order valence-corrected chi connectivity index (χ2v) is 27.4. The molecule has 5 fully saturated rings. The summed E-state index contributed by atoms with van der Waals surface area (Å²) in [4.78, 5) is 41.3. The van der Waals surface area contributed by atoms with Crippen LogP contribution in [-0.4, -0.2) is 218 Å². The molecule has 20 N–H and O–H groups in total. The van der Waals surface area contributed by atoms with Crippen LogP contribution in [0, 0.1) is 47.9 Å². The van der Waals surface area contributed by atoms with Gasteiger partial charge in [-0.2, -0.15) is 0 Å². The Bertz CT molecular complexity index is 5360. The van der Waals surface area contributed by atoms with E-state index in [4.69, 9.17) is 69.0 Å². The monoisotopic (exact) mass is 1550 g/mol. The molecule has 0 unspecified atom stereocenters. The number of aliphatic hydroxyl groups is 10. The van der Waals surface area contributed by atoms with Gasteiger partial charge in [0.1, 0.15) is 119 Å². The number of nitrogens with zero attached hydrogens (tertiary/aromatic N) is 15. The van der Waals surface area contributed by atoms with Crippen molar-refractivity contribution >= 4 is 84.3 Å². The van der Waals surface area contributed by atoms with Gasteiger partial charge in [-0.05, 0) is 37.0 Å². The van der Waals surface area contributed by atoms with Crippen LogP contribution in [0.25, 0.3) is 55.2 Å². The summed E-state index contributed by atoms with van der Waals surface area (Å²) in [6, 6.07) is 9.60. The molecule has 5 saturated heterocycles. The number of aryl methyl sites for hydroxylation is 1. The SMILES string of the molecule is C#Cc1cn([C@@H]2O[C@H](CO)C[C@H]2O)c2ncnc(N)c12.CCCC#Cc1cn([C@@H]2O[C@H](CO)C[C@H]2O)c2ncnc(N)c12.CCCCC#Cc1cn([C@@H]2O[C@H](CO)C[C@H]2O)c2ncnc(N)c12.CCc1cn([C@@H]2O[C@H](CO)C[C@H]2O)c2ncnc(N)c12.Nc1ncnc2c1c(C#Cc1ccccc1)cn2[C@@H]1O[C@H](CO)C[C@H]1O. The molecule has 35 heteroatoms. The fraction of sp³-hybridized carbons (Fsp3) is 0.436. The van der Waals surface area contributed by atoms with Gasteiger partial charge in [-0.3, -0.25) is 0 Å². The fourth-order valence-corrected chi connectivity index (χ4v) is 14.1. The van der Waals surface area contributed by atoms with Crippen LogP contribution in [0.3, 0.4) is 0 Å². The number of benzene rings is 1. The van der Waals surface area contributed by atoms with Crippen LogP contribution in [0.5, 0.6) is 0 Å². The molecule has 1 aromatic carbocycles. The van der Waals surface area contributed by atoms with Gasteiger partial charge in [0, 0.05) is 81.5 Å². The third-order valence-corrected chi connectivity index (χ3v) is 19.6. The lowest BCUT2D eigenvalue weighted by Crippen LogP contribution is -2.19. The van der Waals surface area contributed by atoms with E-state index < -0.39 is 73.9 Å². The van der Waals surface area contributed by atoms with Crippen molar-refractivity contribution in [2.24, 2.45) is 0 Å². The number of anilines is 5. The van der Waals surface area contributed by atoms with E-state index in [1.54, 1.807) is 47.6 Å². The summed E-state index contributed by atoms with van der Waals surface area (Å²) < 4.78 is 37.1. The summed E-state index contributed by atoms with van der Waals surface area (Å²) >= 11 is 0. The van der Waals surface area contributed by atoms with Crippen LogP contribution in [0.1, 0.15) is 149 Å². The summed E-state index contributed by atoms with van der Waals surface area (Å²) in [5.41, 5.74) is 37.2. The van der Waals surface area contributed by atoms with Crippen molar-refractivity contribution < 1.29 is 74.7 Å². The minimum atomic E-state index is -0.756. The van der Waals surface area contributed by atoms with Crippen LogP contribution in [-0.2, 0) is 30.1 Å². The van der Waals surface area contributed by atoms with Crippen molar-refractivity contribution in [1.82, 2.24) is 72.7 Å². The third-order valence-electron chi connectivity index (χ3n) is 19.6. The van der Waals surface area contributed by atoms with E-state index in [0.717, 1.165) is 66.2 Å². The van der Waals surface area contributed by atoms with Crippen molar-refractivity contribution in [2.75, 3.05) is 61.7 Å². The largest absolute Gasteiger partial charge is 0.394 e. The van der Waals surface area contributed by atoms with Gasteiger partial charge in [0.05, 0.1) is 113 Å². The van der Waals surface area contributed by atoms with Gasteiger partial charge in [0.15, 0.2) is 31.1 Å². The first-order chi connectivity index (χ1) is 54.8. The first-order valence-electron chi connectivity index (χ1n) is 37.1. The number of rotatable bonds is 14. The number of unbranched alkanes of at least 4 members (excludes halogenated alkanes) is 3. The molecule has 35 nitrogen and oxygen atoms in total. The Balaban J connectivity index is 0.000000131. The molecule has 0 bridgehead atoms. The third kappa shape index (κ3) is 17.6. The van der Waals surface area contributed by atoms with Crippen molar-refractivity contribution in [1.29, 1.82) is 0 Å². The average molecular weight is 1550 g/mol. The Morgan fingerprint density at radius 2 is 0.681 bits per heavy atom. The van der Waals surface area contributed by atoms with Crippen LogP contribution < -0.4 is 28.7 Å². The van der Waals surface area contributed by atoms with Gasteiger partial charge >= 0.3 is 0 Å². The second kappa shape index (κ2) is 37.1. The molecule has 594 valence electrons. The van der Waals surface area contributed by atoms with Crippen LogP contribution in [0.2, 0.25) is 0 Å². The molecule has 0 aliphatic carbocycles. The molecule has 5 aliphatic heterocycles. The number of hydrogen-bond donors (Lipinski definition) is 15. The van der Waals surface area contributed by atoms with Crippen molar-refractivity contribution in [3.05, 3.63) is 126 Å². The zero-order chi connectivity index (χ0) is 80.1. The minimum Gasteiger partial charge on any atom is -0.394 e. The highest BCUT2D eigenvalue weighted by Gasteiger charge is 2.41. The van der Waals surface area contributed by atoms with Crippen LogP contribution in [0.15, 0.2) is 93.0 Å². The molecular weight excluding hydrogens is 1460 g/mol. The lowest BCUT2D eigenvalue weighted by atomic mass is 10.2. The maximum atomic E-state index is 10.3. The van der Waals surface area contributed by atoms with E-state index in [1.165, 1.54) is 31.6 Å². The maximum absolute atomic E-state index is 10.3. The zero-order valence-electron chi connectivity index (χ0n) is 62.3. The van der Waals surface area contributed by atoms with Gasteiger partial charge in [-0.25, -0.2) is 49.8 Å². The Hall–Kier alpha value is -11.0. The van der Waals surface area contributed by atoms with E-state index >= 15 is 0 Å². The number of nitrogens with two attached hydrogens (primary N) is 5. The van der Waals surface area contributed by atoms with Gasteiger partial charge in [0.25, 0.3) is 0 Å². The van der Waals surface area contributed by atoms with E-state index in [0.29, 0.717) is 116 Å². The van der Waals surface area contributed by atoms with Crippen molar-refractivity contribution in [3.8, 4) is 47.9 Å². The lowest BCUT2D eigenvalue weighted by Gasteiger charge is -2.17. The molecule has 10 aromatic heterocycles. The van der Waals surface area contributed by atoms with Crippen LogP contribution >= 0.6 is 0 Å². The maximum Gasteiger partial charge on any atom is 0.161 e. The normalized spacial score (nSPS) is 24.2. The topological polar surface area (TPSA) is 532 Å². The van der Waals surface area contributed by atoms with Crippen LogP contribution in [0.4, 0.5) is 29.1 Å². The van der Waals surface area contributed by atoms with Gasteiger partial charge < -0.3 is 126 Å². The van der Waals surface area contributed by atoms with E-state index in [2.05, 4.69) is 105 Å². The highest BCUT2D eigenvalue weighted by Crippen LogP contribution is 2.40. The number of hydrogen-bond acceptors (Lipinski definition) is 30. The molecule has 16 rings (SSSR count). The standard InChI is InChI=1S/C19H18N4O3.C17H22N4O3.C16H20N4O3.C13H18N4O3.C13H14N4O3/c20-17-16-13(7-6-12-4-2-1-3-5-12)9-23(18(16)22-11-21-17)19-15(25)8-14(10-24)26-19;1-2-3-4-5-6-11-8-21(16-14(11)15(18)19-10-20-16)17-13(23)7-12(9-22)24-17;1-2-3-4-5-10-7-20(15-13(10)14(17)18-9-19-15)16-12(22)6-11(8-21)23-16;2*1-2-7-4-17(12-10(7)11(14)15-6-16-12)13-9(19)3-8(5-18)20-13/h1-5,9,11,14-15,19,24-25H,8,10H2,(H2,20,21,22);8,10,12-13,17,22-23H,2-4,7,9H2,1H3,(H2,18,19,20);7,9,11-12,16,21-22H,2-3,6,8H2,1H3,(H2,17,18,19);4,6,8-9,13,18-19H,2-3,5H2,1H3,(H2,14,15,16);1,4,6,8-9,13,18-19H,3,5H2,(H2,14,15,16)/t14-,15+,19+;12-,13+,17+;11-,12+,16+;2*8-,9+,13+/m00000/s1. The molecule has 11 aromatic rings. The molecule has 15 heterocycles. The molecule has 5 aliphatic rings. The summed E-state index contributed by atoms with van der Waals surface area (Å²) in [6.45, 7) is 5.54. The van der Waals surface area contributed by atoms with E-state index in [9.17, 15) is 40.9 Å². The quantitative estimate of drug-likeness (QED) is 0.0550. The first kappa shape index (κ1) is 81.4. The number of terminal acetylenes is 1. The predicted molar refractivity (Wildman–Crippen MR) is 416 cm³/mol. The Kier molecular flexibility index (Phi) is 26.7. The first-order valence-corrected chi connectivity index (χ1v) is 37.1. The highest BCUT2D eigenvalue weighted by molar-refractivity contribution is 5.95. The molecule has 0 saturated carbocycles. The molecular formula is C78H92N20O15.